The van der Waals surface area contributed by atoms with E-state index in [1.165, 1.54) is 0 Å². The fourth-order valence-electron chi connectivity index (χ4n) is 1.90. The number of nitrogens with zero attached hydrogens (tertiary/aromatic N) is 1. The Bertz CT molecular complexity index is 498. The predicted octanol–water partition coefficient (Wildman–Crippen LogP) is 3.10. The van der Waals surface area contributed by atoms with Gasteiger partial charge in [-0.3, -0.25) is 0 Å². The molecule has 1 heterocycles. The zero-order chi connectivity index (χ0) is 13.7. The number of aromatic nitrogens is 1. The van der Waals surface area contributed by atoms with E-state index in [4.69, 9.17) is 10.5 Å². The van der Waals surface area contributed by atoms with E-state index in [0.29, 0.717) is 6.61 Å². The Morgan fingerprint density at radius 3 is 2.74 bits per heavy atom. The molecule has 0 aliphatic carbocycles. The molecule has 2 atom stereocenters. The van der Waals surface area contributed by atoms with Gasteiger partial charge in [-0.05, 0) is 13.8 Å². The van der Waals surface area contributed by atoms with Crippen LogP contribution in [0.3, 0.4) is 0 Å². The highest BCUT2D eigenvalue weighted by molar-refractivity contribution is 7.09. The Morgan fingerprint density at radius 2 is 2.05 bits per heavy atom. The van der Waals surface area contributed by atoms with Gasteiger partial charge in [-0.25, -0.2) is 4.98 Å². The van der Waals surface area contributed by atoms with Crippen LogP contribution in [0.1, 0.15) is 18.9 Å². The number of ether oxygens (including phenoxy) is 1. The van der Waals surface area contributed by atoms with Crippen molar-refractivity contribution in [2.24, 2.45) is 5.73 Å². The number of nitrogens with two attached hydrogens (primary N) is 1. The number of benzene rings is 1. The molecule has 0 saturated carbocycles. The summed E-state index contributed by atoms with van der Waals surface area (Å²) < 4.78 is 5.52. The highest BCUT2D eigenvalue weighted by Gasteiger charge is 2.15. The Hall–Kier alpha value is -1.23. The number of rotatable bonds is 6. The summed E-state index contributed by atoms with van der Waals surface area (Å²) in [6, 6.07) is 10.2. The molecule has 4 heteroatoms. The zero-order valence-corrected chi connectivity index (χ0v) is 12.2. The first-order chi connectivity index (χ1) is 9.20. The molecule has 0 saturated heterocycles. The average Bonchev–Trinajstić information content (AvgIpc) is 2.88. The van der Waals surface area contributed by atoms with E-state index < -0.39 is 0 Å². The molecule has 0 spiro atoms. The van der Waals surface area contributed by atoms with Crippen molar-refractivity contribution in [1.82, 2.24) is 4.98 Å². The van der Waals surface area contributed by atoms with Crippen LogP contribution in [-0.4, -0.2) is 23.7 Å². The third kappa shape index (κ3) is 3.86. The molecule has 102 valence electrons. The lowest BCUT2D eigenvalue weighted by Crippen LogP contribution is -2.36. The Balaban J connectivity index is 2.02. The largest absolute Gasteiger partial charge is 0.377 e. The molecule has 0 aliphatic heterocycles. The topological polar surface area (TPSA) is 48.1 Å². The molecule has 2 unspecified atom stereocenters. The van der Waals surface area contributed by atoms with E-state index in [-0.39, 0.29) is 12.1 Å². The summed E-state index contributed by atoms with van der Waals surface area (Å²) in [5, 5.41) is 3.15. The molecule has 2 rings (SSSR count). The van der Waals surface area contributed by atoms with E-state index in [0.717, 1.165) is 22.7 Å². The second-order valence-corrected chi connectivity index (χ2v) is 5.46. The van der Waals surface area contributed by atoms with Crippen molar-refractivity contribution in [3.8, 4) is 11.3 Å². The van der Waals surface area contributed by atoms with Gasteiger partial charge < -0.3 is 10.5 Å². The monoisotopic (exact) mass is 276 g/mol. The lowest BCUT2D eigenvalue weighted by Gasteiger charge is -2.18. The van der Waals surface area contributed by atoms with Gasteiger partial charge >= 0.3 is 0 Å². The molecule has 2 N–H and O–H groups in total. The molecule has 3 nitrogen and oxygen atoms in total. The SMILES string of the molecule is CCOC(C)C(N)Cc1nc(-c2ccccc2)cs1. The first-order valence-corrected chi connectivity index (χ1v) is 7.45. The van der Waals surface area contributed by atoms with Crippen molar-refractivity contribution in [3.05, 3.63) is 40.7 Å². The lowest BCUT2D eigenvalue weighted by molar-refractivity contribution is 0.0577. The summed E-state index contributed by atoms with van der Waals surface area (Å²) in [7, 11) is 0. The maximum atomic E-state index is 6.12. The van der Waals surface area contributed by atoms with Gasteiger partial charge in [0.25, 0.3) is 0 Å². The van der Waals surface area contributed by atoms with Crippen LogP contribution in [0, 0.1) is 0 Å². The number of hydrogen-bond acceptors (Lipinski definition) is 4. The Kier molecular flexibility index (Phi) is 5.07. The maximum absolute atomic E-state index is 6.12. The number of hydrogen-bond donors (Lipinski definition) is 1. The second kappa shape index (κ2) is 6.80. The van der Waals surface area contributed by atoms with Gasteiger partial charge in [-0.2, -0.15) is 0 Å². The van der Waals surface area contributed by atoms with Crippen LogP contribution in [0.15, 0.2) is 35.7 Å². The number of thiazole rings is 1. The molecule has 1 aromatic carbocycles. The van der Waals surface area contributed by atoms with E-state index in [2.05, 4.69) is 22.5 Å². The van der Waals surface area contributed by atoms with Crippen LogP contribution < -0.4 is 5.73 Å². The Labute approximate surface area is 118 Å². The van der Waals surface area contributed by atoms with Crippen molar-refractivity contribution in [1.29, 1.82) is 0 Å². The van der Waals surface area contributed by atoms with Gasteiger partial charge in [-0.15, -0.1) is 11.3 Å². The summed E-state index contributed by atoms with van der Waals surface area (Å²) in [6.07, 6.45) is 0.827. The Morgan fingerprint density at radius 1 is 1.32 bits per heavy atom. The van der Waals surface area contributed by atoms with E-state index in [1.807, 2.05) is 32.0 Å². The first kappa shape index (κ1) is 14.2. The first-order valence-electron chi connectivity index (χ1n) is 6.57. The van der Waals surface area contributed by atoms with Gasteiger partial charge in [0, 0.05) is 30.0 Å². The fourth-order valence-corrected chi connectivity index (χ4v) is 2.78. The predicted molar refractivity (Wildman–Crippen MR) is 80.3 cm³/mol. The van der Waals surface area contributed by atoms with Gasteiger partial charge in [0.05, 0.1) is 16.8 Å². The van der Waals surface area contributed by atoms with Crippen molar-refractivity contribution >= 4 is 11.3 Å². The van der Waals surface area contributed by atoms with Gasteiger partial charge in [0.1, 0.15) is 0 Å². The second-order valence-electron chi connectivity index (χ2n) is 4.52. The minimum Gasteiger partial charge on any atom is -0.377 e. The third-order valence-electron chi connectivity index (χ3n) is 3.06. The summed E-state index contributed by atoms with van der Waals surface area (Å²) in [6.45, 7) is 4.70. The molecule has 19 heavy (non-hydrogen) atoms. The quantitative estimate of drug-likeness (QED) is 0.882. The van der Waals surface area contributed by atoms with Crippen molar-refractivity contribution in [2.75, 3.05) is 6.61 Å². The van der Waals surface area contributed by atoms with E-state index in [1.54, 1.807) is 11.3 Å². The molecule has 0 aliphatic rings. The molecule has 0 radical (unpaired) electrons. The summed E-state index contributed by atoms with van der Waals surface area (Å²) in [4.78, 5) is 4.65. The minimum absolute atomic E-state index is 0.00489. The van der Waals surface area contributed by atoms with Crippen LogP contribution in [0.4, 0.5) is 0 Å². The third-order valence-corrected chi connectivity index (χ3v) is 3.94. The van der Waals surface area contributed by atoms with Crippen LogP contribution in [0.25, 0.3) is 11.3 Å². The van der Waals surface area contributed by atoms with Crippen molar-refractivity contribution < 1.29 is 4.74 Å². The highest BCUT2D eigenvalue weighted by Crippen LogP contribution is 2.22. The van der Waals surface area contributed by atoms with Crippen LogP contribution in [-0.2, 0) is 11.2 Å². The van der Waals surface area contributed by atoms with Crippen LogP contribution in [0.2, 0.25) is 0 Å². The summed E-state index contributed by atoms with van der Waals surface area (Å²) >= 11 is 1.66. The molecule has 2 aromatic rings. The molecular weight excluding hydrogens is 256 g/mol. The summed E-state index contributed by atoms with van der Waals surface area (Å²) in [5.74, 6) is 0. The maximum Gasteiger partial charge on any atom is 0.0949 e. The van der Waals surface area contributed by atoms with Gasteiger partial charge in [0.15, 0.2) is 0 Å². The van der Waals surface area contributed by atoms with Crippen molar-refractivity contribution in [2.45, 2.75) is 32.4 Å². The zero-order valence-electron chi connectivity index (χ0n) is 11.4. The molecule has 1 aromatic heterocycles. The molecular formula is C15H20N2OS. The van der Waals surface area contributed by atoms with Gasteiger partial charge in [-0.1, -0.05) is 30.3 Å². The van der Waals surface area contributed by atoms with E-state index >= 15 is 0 Å². The lowest BCUT2D eigenvalue weighted by atomic mass is 10.1. The van der Waals surface area contributed by atoms with Crippen molar-refractivity contribution in [3.63, 3.8) is 0 Å². The van der Waals surface area contributed by atoms with Gasteiger partial charge in [0.2, 0.25) is 0 Å². The summed E-state index contributed by atoms with van der Waals surface area (Å²) in [5.41, 5.74) is 8.30. The average molecular weight is 276 g/mol. The smallest absolute Gasteiger partial charge is 0.0949 e. The van der Waals surface area contributed by atoms with Crippen LogP contribution >= 0.6 is 11.3 Å². The fraction of sp³-hybridized carbons (Fsp3) is 0.400. The standard InChI is InChI=1S/C15H20N2OS/c1-3-18-11(2)13(16)9-15-17-14(10-19-15)12-7-5-4-6-8-12/h4-8,10-11,13H,3,9,16H2,1-2H3. The van der Waals surface area contributed by atoms with E-state index in [9.17, 15) is 0 Å². The molecule has 0 amide bonds. The minimum atomic E-state index is -0.00489. The highest BCUT2D eigenvalue weighted by atomic mass is 32.1. The normalized spacial score (nSPS) is 14.3. The molecule has 0 fully saturated rings. The molecule has 0 bridgehead atoms. The van der Waals surface area contributed by atoms with Crippen LogP contribution in [0.5, 0.6) is 0 Å².